The third-order valence-corrected chi connectivity index (χ3v) is 3.91. The van der Waals surface area contributed by atoms with Crippen LogP contribution in [0.5, 0.6) is 11.5 Å². The number of carboxylic acid groups (broad SMARTS) is 1. The van der Waals surface area contributed by atoms with E-state index in [-0.39, 0.29) is 6.42 Å². The SMILES string of the molecule is COc1cc(OC)cc(-c2nc3cc(CC(=O)O)ccc3n2C)c1. The molecule has 0 saturated heterocycles. The Hall–Kier alpha value is -3.02. The summed E-state index contributed by atoms with van der Waals surface area (Å²) in [6.45, 7) is 0. The van der Waals surface area contributed by atoms with Crippen LogP contribution >= 0.6 is 0 Å². The van der Waals surface area contributed by atoms with Gasteiger partial charge in [-0.1, -0.05) is 6.07 Å². The van der Waals surface area contributed by atoms with Gasteiger partial charge in [0.25, 0.3) is 0 Å². The number of nitrogens with zero attached hydrogens (tertiary/aromatic N) is 2. The number of ether oxygens (including phenoxy) is 2. The maximum Gasteiger partial charge on any atom is 0.307 e. The molecule has 0 aliphatic rings. The zero-order chi connectivity index (χ0) is 17.3. The predicted molar refractivity (Wildman–Crippen MR) is 90.6 cm³/mol. The molecule has 124 valence electrons. The Balaban J connectivity index is 2.13. The third-order valence-electron chi connectivity index (χ3n) is 3.91. The molecule has 6 nitrogen and oxygen atoms in total. The smallest absolute Gasteiger partial charge is 0.307 e. The normalized spacial score (nSPS) is 10.8. The van der Waals surface area contributed by atoms with Crippen LogP contribution < -0.4 is 9.47 Å². The van der Waals surface area contributed by atoms with Crippen LogP contribution in [0.3, 0.4) is 0 Å². The molecule has 0 atom stereocenters. The fourth-order valence-corrected chi connectivity index (χ4v) is 2.72. The van der Waals surface area contributed by atoms with Gasteiger partial charge in [0, 0.05) is 18.7 Å². The van der Waals surface area contributed by atoms with Gasteiger partial charge in [-0.2, -0.15) is 0 Å². The Morgan fingerprint density at radius 2 is 1.79 bits per heavy atom. The highest BCUT2D eigenvalue weighted by molar-refractivity contribution is 5.83. The number of hydrogen-bond donors (Lipinski definition) is 1. The van der Waals surface area contributed by atoms with Gasteiger partial charge in [-0.25, -0.2) is 4.98 Å². The fourth-order valence-electron chi connectivity index (χ4n) is 2.72. The van der Waals surface area contributed by atoms with Crippen LogP contribution in [0.25, 0.3) is 22.4 Å². The minimum absolute atomic E-state index is 0.0190. The first-order valence-corrected chi connectivity index (χ1v) is 7.42. The second-order valence-electron chi connectivity index (χ2n) is 5.49. The van der Waals surface area contributed by atoms with Gasteiger partial charge in [0.05, 0.1) is 31.7 Å². The molecule has 24 heavy (non-hydrogen) atoms. The van der Waals surface area contributed by atoms with Crippen molar-refractivity contribution in [3.63, 3.8) is 0 Å². The third kappa shape index (κ3) is 2.90. The summed E-state index contributed by atoms with van der Waals surface area (Å²) < 4.78 is 12.6. The minimum atomic E-state index is -0.858. The first-order valence-electron chi connectivity index (χ1n) is 7.42. The van der Waals surface area contributed by atoms with Gasteiger partial charge in [0.1, 0.15) is 17.3 Å². The van der Waals surface area contributed by atoms with E-state index in [1.807, 2.05) is 41.9 Å². The molecule has 0 bridgehead atoms. The number of carbonyl (C=O) groups is 1. The zero-order valence-electron chi connectivity index (χ0n) is 13.7. The van der Waals surface area contributed by atoms with E-state index in [2.05, 4.69) is 4.98 Å². The van der Waals surface area contributed by atoms with E-state index in [1.54, 1.807) is 20.3 Å². The van der Waals surface area contributed by atoms with Crippen LogP contribution in [0.1, 0.15) is 5.56 Å². The highest BCUT2D eigenvalue weighted by Gasteiger charge is 2.13. The van der Waals surface area contributed by atoms with Crippen molar-refractivity contribution in [3.8, 4) is 22.9 Å². The first kappa shape index (κ1) is 15.9. The monoisotopic (exact) mass is 326 g/mol. The molecule has 0 spiro atoms. The van der Waals surface area contributed by atoms with Crippen LogP contribution in [0.4, 0.5) is 0 Å². The molecule has 0 unspecified atom stereocenters. The van der Waals surface area contributed by atoms with Crippen molar-refractivity contribution in [2.75, 3.05) is 14.2 Å². The summed E-state index contributed by atoms with van der Waals surface area (Å²) in [5.74, 6) is 1.27. The topological polar surface area (TPSA) is 73.6 Å². The van der Waals surface area contributed by atoms with Crippen molar-refractivity contribution < 1.29 is 19.4 Å². The highest BCUT2D eigenvalue weighted by atomic mass is 16.5. The van der Waals surface area contributed by atoms with E-state index in [1.165, 1.54) is 0 Å². The maximum absolute atomic E-state index is 10.9. The van der Waals surface area contributed by atoms with Crippen molar-refractivity contribution >= 4 is 17.0 Å². The quantitative estimate of drug-likeness (QED) is 0.780. The van der Waals surface area contributed by atoms with Gasteiger partial charge < -0.3 is 19.1 Å². The predicted octanol–water partition coefficient (Wildman–Crippen LogP) is 2.88. The summed E-state index contributed by atoms with van der Waals surface area (Å²) in [5.41, 5.74) is 3.28. The molecular weight excluding hydrogens is 308 g/mol. The van der Waals surface area contributed by atoms with Gasteiger partial charge in [-0.05, 0) is 29.8 Å². The Morgan fingerprint density at radius 1 is 1.12 bits per heavy atom. The fraction of sp³-hybridized carbons (Fsp3) is 0.222. The number of aromatic nitrogens is 2. The largest absolute Gasteiger partial charge is 0.497 e. The molecule has 0 fully saturated rings. The van der Waals surface area contributed by atoms with Crippen molar-refractivity contribution in [1.82, 2.24) is 9.55 Å². The summed E-state index contributed by atoms with van der Waals surface area (Å²) in [5, 5.41) is 8.94. The van der Waals surface area contributed by atoms with Crippen LogP contribution in [-0.2, 0) is 18.3 Å². The van der Waals surface area contributed by atoms with Gasteiger partial charge in [-0.15, -0.1) is 0 Å². The van der Waals surface area contributed by atoms with Crippen molar-refractivity contribution in [2.45, 2.75) is 6.42 Å². The summed E-state index contributed by atoms with van der Waals surface area (Å²) in [6.07, 6.45) is -0.0190. The van der Waals surface area contributed by atoms with Crippen LogP contribution in [0, 0.1) is 0 Å². The summed E-state index contributed by atoms with van der Waals surface area (Å²) in [7, 11) is 5.13. The molecule has 0 radical (unpaired) electrons. The Kier molecular flexibility index (Phi) is 4.12. The number of hydrogen-bond acceptors (Lipinski definition) is 4. The molecule has 0 amide bonds. The second-order valence-corrected chi connectivity index (χ2v) is 5.49. The Bertz CT molecular complexity index is 893. The van der Waals surface area contributed by atoms with E-state index in [0.717, 1.165) is 28.0 Å². The number of rotatable bonds is 5. The number of carboxylic acids is 1. The van der Waals surface area contributed by atoms with E-state index in [0.29, 0.717) is 11.5 Å². The molecule has 1 N–H and O–H groups in total. The lowest BCUT2D eigenvalue weighted by molar-refractivity contribution is -0.136. The second kappa shape index (κ2) is 6.23. The first-order chi connectivity index (χ1) is 11.5. The molecule has 6 heteroatoms. The number of methoxy groups -OCH3 is 2. The average molecular weight is 326 g/mol. The molecule has 3 aromatic rings. The standard InChI is InChI=1S/C18H18N2O4/c1-20-16-5-4-11(7-17(21)22)6-15(16)19-18(20)12-8-13(23-2)10-14(9-12)24-3/h4-6,8-10H,7H2,1-3H3,(H,21,22). The number of imidazole rings is 1. The molecule has 0 saturated carbocycles. The molecular formula is C18H18N2O4. The van der Waals surface area contributed by atoms with Crippen molar-refractivity contribution in [1.29, 1.82) is 0 Å². The lowest BCUT2D eigenvalue weighted by Gasteiger charge is -2.08. The van der Waals surface area contributed by atoms with Crippen molar-refractivity contribution in [3.05, 3.63) is 42.0 Å². The summed E-state index contributed by atoms with van der Waals surface area (Å²) in [6, 6.07) is 11.1. The van der Waals surface area contributed by atoms with E-state index in [4.69, 9.17) is 14.6 Å². The molecule has 2 aromatic carbocycles. The van der Waals surface area contributed by atoms with Crippen LogP contribution in [0.2, 0.25) is 0 Å². The number of aryl methyl sites for hydroxylation is 1. The number of benzene rings is 2. The molecule has 0 aliphatic heterocycles. The lowest BCUT2D eigenvalue weighted by Crippen LogP contribution is -1.99. The van der Waals surface area contributed by atoms with Gasteiger partial charge >= 0.3 is 5.97 Å². The van der Waals surface area contributed by atoms with E-state index < -0.39 is 5.97 Å². The Labute approximate surface area is 139 Å². The van der Waals surface area contributed by atoms with Crippen LogP contribution in [-0.4, -0.2) is 34.8 Å². The zero-order valence-corrected chi connectivity index (χ0v) is 13.7. The molecule has 1 aromatic heterocycles. The van der Waals surface area contributed by atoms with E-state index in [9.17, 15) is 4.79 Å². The van der Waals surface area contributed by atoms with Gasteiger partial charge in [0.2, 0.25) is 0 Å². The van der Waals surface area contributed by atoms with Gasteiger partial charge in [-0.3, -0.25) is 4.79 Å². The highest BCUT2D eigenvalue weighted by Crippen LogP contribution is 2.31. The Morgan fingerprint density at radius 3 is 2.38 bits per heavy atom. The van der Waals surface area contributed by atoms with Gasteiger partial charge in [0.15, 0.2) is 0 Å². The summed E-state index contributed by atoms with van der Waals surface area (Å²) in [4.78, 5) is 15.5. The molecule has 1 heterocycles. The lowest BCUT2D eigenvalue weighted by atomic mass is 10.1. The summed E-state index contributed by atoms with van der Waals surface area (Å²) >= 11 is 0. The molecule has 3 rings (SSSR count). The number of aliphatic carboxylic acids is 1. The maximum atomic E-state index is 10.9. The number of fused-ring (bicyclic) bond motifs is 1. The molecule has 0 aliphatic carbocycles. The minimum Gasteiger partial charge on any atom is -0.497 e. The van der Waals surface area contributed by atoms with E-state index >= 15 is 0 Å². The van der Waals surface area contributed by atoms with Crippen LogP contribution in [0.15, 0.2) is 36.4 Å². The van der Waals surface area contributed by atoms with Crippen molar-refractivity contribution in [2.24, 2.45) is 7.05 Å². The average Bonchev–Trinajstić information content (AvgIpc) is 2.90.